The predicted molar refractivity (Wildman–Crippen MR) is 104 cm³/mol. The van der Waals surface area contributed by atoms with Gasteiger partial charge in [-0.2, -0.15) is 5.10 Å². The highest BCUT2D eigenvalue weighted by molar-refractivity contribution is 7.20. The first-order valence-electron chi connectivity index (χ1n) is 8.40. The Hall–Kier alpha value is -2.50. The Morgan fingerprint density at radius 1 is 1.12 bits per heavy atom. The van der Waals surface area contributed by atoms with Gasteiger partial charge in [0.25, 0.3) is 0 Å². The summed E-state index contributed by atoms with van der Waals surface area (Å²) in [4.78, 5) is 17.4. The van der Waals surface area contributed by atoms with E-state index in [1.165, 1.54) is 0 Å². The monoisotopic (exact) mass is 379 g/mol. The van der Waals surface area contributed by atoms with Crippen molar-refractivity contribution in [2.24, 2.45) is 0 Å². The van der Waals surface area contributed by atoms with Crippen LogP contribution in [-0.4, -0.2) is 20.5 Å². The summed E-state index contributed by atoms with van der Waals surface area (Å²) in [7, 11) is 0. The third kappa shape index (κ3) is 2.55. The maximum atomic E-state index is 12.7. The fourth-order valence-electron chi connectivity index (χ4n) is 3.55. The summed E-state index contributed by atoms with van der Waals surface area (Å²) < 4.78 is 2.94. The summed E-state index contributed by atoms with van der Waals surface area (Å²) in [6, 6.07) is 15.8. The van der Waals surface area contributed by atoms with Gasteiger partial charge in [0.05, 0.1) is 27.7 Å². The molecule has 0 spiro atoms. The van der Waals surface area contributed by atoms with Crippen LogP contribution in [0.2, 0.25) is 5.02 Å². The number of para-hydroxylation sites is 1. The zero-order valence-corrected chi connectivity index (χ0v) is 15.3. The van der Waals surface area contributed by atoms with Crippen molar-refractivity contribution in [1.82, 2.24) is 14.8 Å². The first-order chi connectivity index (χ1) is 12.7. The number of aromatic nitrogens is 3. The number of nitrogens with zero attached hydrogens (tertiary/aromatic N) is 3. The second-order valence-corrected chi connectivity index (χ2v) is 7.91. The lowest BCUT2D eigenvalue weighted by Gasteiger charge is -2.22. The molecule has 0 aliphatic heterocycles. The van der Waals surface area contributed by atoms with Crippen molar-refractivity contribution in [3.8, 4) is 5.13 Å². The van der Waals surface area contributed by atoms with Crippen LogP contribution in [0, 0.1) is 0 Å². The molecular weight excluding hydrogens is 366 g/mol. The molecule has 2 aromatic carbocycles. The SMILES string of the molecule is O=C1C[C@H](c2cccc(Cl)c2)Cc2c1cnn2-c1nc2ccccc2s1. The maximum Gasteiger partial charge on any atom is 0.211 e. The Morgan fingerprint density at radius 2 is 2.00 bits per heavy atom. The van der Waals surface area contributed by atoms with Gasteiger partial charge in [-0.15, -0.1) is 0 Å². The number of fused-ring (bicyclic) bond motifs is 2. The van der Waals surface area contributed by atoms with Crippen LogP contribution in [0.4, 0.5) is 0 Å². The quantitative estimate of drug-likeness (QED) is 0.489. The van der Waals surface area contributed by atoms with E-state index in [-0.39, 0.29) is 11.7 Å². The van der Waals surface area contributed by atoms with E-state index in [9.17, 15) is 4.79 Å². The molecule has 1 aliphatic carbocycles. The smallest absolute Gasteiger partial charge is 0.211 e. The van der Waals surface area contributed by atoms with Gasteiger partial charge in [-0.05, 0) is 42.2 Å². The number of carbonyl (C=O) groups excluding carboxylic acids is 1. The fraction of sp³-hybridized carbons (Fsp3) is 0.150. The van der Waals surface area contributed by atoms with Gasteiger partial charge in [-0.25, -0.2) is 9.67 Å². The molecule has 0 unspecified atom stereocenters. The molecule has 0 saturated carbocycles. The van der Waals surface area contributed by atoms with Crippen molar-refractivity contribution >= 4 is 38.9 Å². The first kappa shape index (κ1) is 15.7. The standard InChI is InChI=1S/C20H14ClN3OS/c21-14-5-3-4-12(8-14)13-9-17-15(18(25)10-13)11-22-24(17)20-23-16-6-1-2-7-19(16)26-20/h1-8,11,13H,9-10H2/t13-/m1/s1. The lowest BCUT2D eigenvalue weighted by Crippen LogP contribution is -2.20. The van der Waals surface area contributed by atoms with Gasteiger partial charge < -0.3 is 0 Å². The molecule has 6 heteroatoms. The third-order valence-electron chi connectivity index (χ3n) is 4.82. The second kappa shape index (κ2) is 6.04. The number of hydrogen-bond acceptors (Lipinski definition) is 4. The van der Waals surface area contributed by atoms with Gasteiger partial charge >= 0.3 is 0 Å². The van der Waals surface area contributed by atoms with Crippen LogP contribution in [0.5, 0.6) is 0 Å². The molecule has 0 bridgehead atoms. The molecular formula is C20H14ClN3OS. The number of halogens is 1. The average Bonchev–Trinajstić information content (AvgIpc) is 3.25. The van der Waals surface area contributed by atoms with E-state index < -0.39 is 0 Å². The van der Waals surface area contributed by atoms with Crippen molar-refractivity contribution in [3.63, 3.8) is 0 Å². The number of carbonyl (C=O) groups is 1. The largest absolute Gasteiger partial charge is 0.294 e. The Bertz CT molecular complexity index is 1110. The van der Waals surface area contributed by atoms with Crippen molar-refractivity contribution < 1.29 is 4.79 Å². The predicted octanol–water partition coefficient (Wildman–Crippen LogP) is 5.05. The summed E-state index contributed by atoms with van der Waals surface area (Å²) in [6.07, 6.45) is 2.91. The van der Waals surface area contributed by atoms with Gasteiger partial charge in [0.1, 0.15) is 0 Å². The van der Waals surface area contributed by atoms with Crippen LogP contribution in [0.3, 0.4) is 0 Å². The van der Waals surface area contributed by atoms with Crippen molar-refractivity contribution in [2.45, 2.75) is 18.8 Å². The maximum absolute atomic E-state index is 12.7. The van der Waals surface area contributed by atoms with E-state index in [1.807, 2.05) is 53.2 Å². The zero-order valence-electron chi connectivity index (χ0n) is 13.7. The van der Waals surface area contributed by atoms with Crippen molar-refractivity contribution in [2.75, 3.05) is 0 Å². The molecule has 4 aromatic rings. The minimum atomic E-state index is 0.110. The van der Waals surface area contributed by atoms with E-state index in [2.05, 4.69) is 10.1 Å². The number of hydrogen-bond donors (Lipinski definition) is 0. The van der Waals surface area contributed by atoms with Crippen LogP contribution < -0.4 is 0 Å². The topological polar surface area (TPSA) is 47.8 Å². The number of ketones is 1. The van der Waals surface area contributed by atoms with Gasteiger partial charge in [0.2, 0.25) is 5.13 Å². The van der Waals surface area contributed by atoms with Gasteiger partial charge in [0.15, 0.2) is 5.78 Å². The number of benzene rings is 2. The highest BCUT2D eigenvalue weighted by Gasteiger charge is 2.30. The van der Waals surface area contributed by atoms with E-state index in [0.29, 0.717) is 17.0 Å². The van der Waals surface area contributed by atoms with Crippen LogP contribution in [0.25, 0.3) is 15.3 Å². The molecule has 128 valence electrons. The van der Waals surface area contributed by atoms with Crippen molar-refractivity contribution in [3.05, 3.63) is 76.6 Å². The number of thiazole rings is 1. The Labute approximate surface area is 159 Å². The molecule has 0 radical (unpaired) electrons. The van der Waals surface area contributed by atoms with E-state index in [1.54, 1.807) is 17.5 Å². The highest BCUT2D eigenvalue weighted by atomic mass is 35.5. The minimum Gasteiger partial charge on any atom is -0.294 e. The van der Waals surface area contributed by atoms with E-state index in [4.69, 9.17) is 11.6 Å². The summed E-state index contributed by atoms with van der Waals surface area (Å²) >= 11 is 7.73. The second-order valence-electron chi connectivity index (χ2n) is 6.46. The summed E-state index contributed by atoms with van der Waals surface area (Å²) in [5.74, 6) is 0.238. The molecule has 1 aliphatic rings. The Morgan fingerprint density at radius 3 is 2.85 bits per heavy atom. The van der Waals surface area contributed by atoms with Gasteiger partial charge in [-0.3, -0.25) is 4.79 Å². The number of rotatable bonds is 2. The Kier molecular flexibility index (Phi) is 3.65. The molecule has 26 heavy (non-hydrogen) atoms. The zero-order chi connectivity index (χ0) is 17.7. The normalized spacial score (nSPS) is 16.8. The molecule has 1 atom stereocenters. The van der Waals surface area contributed by atoms with Gasteiger partial charge in [0, 0.05) is 11.4 Å². The molecule has 0 amide bonds. The molecule has 2 heterocycles. The number of Topliss-reactive ketones (excluding diaryl/α,β-unsaturated/α-hetero) is 1. The molecule has 0 saturated heterocycles. The van der Waals surface area contributed by atoms with E-state index >= 15 is 0 Å². The summed E-state index contributed by atoms with van der Waals surface area (Å²) in [5, 5.41) is 5.97. The Balaban J connectivity index is 1.59. The van der Waals surface area contributed by atoms with Crippen LogP contribution in [0.15, 0.2) is 54.7 Å². The van der Waals surface area contributed by atoms with Crippen LogP contribution in [-0.2, 0) is 6.42 Å². The molecule has 2 aromatic heterocycles. The average molecular weight is 380 g/mol. The van der Waals surface area contributed by atoms with Crippen LogP contribution in [0.1, 0.15) is 34.0 Å². The van der Waals surface area contributed by atoms with Crippen LogP contribution >= 0.6 is 22.9 Å². The molecule has 5 rings (SSSR count). The fourth-order valence-corrected chi connectivity index (χ4v) is 4.70. The lowest BCUT2D eigenvalue weighted by molar-refractivity contribution is 0.0963. The van der Waals surface area contributed by atoms with E-state index in [0.717, 1.165) is 33.0 Å². The lowest BCUT2D eigenvalue weighted by atomic mass is 9.82. The molecule has 0 N–H and O–H groups in total. The molecule has 4 nitrogen and oxygen atoms in total. The van der Waals surface area contributed by atoms with Crippen molar-refractivity contribution in [1.29, 1.82) is 0 Å². The third-order valence-corrected chi connectivity index (χ3v) is 6.07. The molecule has 0 fully saturated rings. The summed E-state index contributed by atoms with van der Waals surface area (Å²) in [6.45, 7) is 0. The first-order valence-corrected chi connectivity index (χ1v) is 9.60. The summed E-state index contributed by atoms with van der Waals surface area (Å²) in [5.41, 5.74) is 3.69. The minimum absolute atomic E-state index is 0.110. The highest BCUT2D eigenvalue weighted by Crippen LogP contribution is 2.35. The van der Waals surface area contributed by atoms with Gasteiger partial charge in [-0.1, -0.05) is 47.2 Å².